The number of aromatic amines is 1. The van der Waals surface area contributed by atoms with Crippen LogP contribution >= 0.6 is 11.6 Å². The number of H-pyrrole nitrogens is 1. The number of benzene rings is 1. The number of carboxylic acids is 1. The second-order valence-corrected chi connectivity index (χ2v) is 4.34. The third-order valence-corrected chi connectivity index (χ3v) is 2.82. The Hall–Kier alpha value is -2.01. The van der Waals surface area contributed by atoms with E-state index in [0.717, 1.165) is 0 Å². The fraction of sp³-hybridized carbons (Fsp3) is 0.167. The molecule has 94 valence electrons. The Balaban J connectivity index is 2.54. The van der Waals surface area contributed by atoms with E-state index >= 15 is 0 Å². The van der Waals surface area contributed by atoms with Crippen LogP contribution in [-0.2, 0) is 11.2 Å². The summed E-state index contributed by atoms with van der Waals surface area (Å²) in [7, 11) is 0. The number of carboxylic acid groups (broad SMARTS) is 1. The Kier molecular flexibility index (Phi) is 3.25. The highest BCUT2D eigenvalue weighted by atomic mass is 35.5. The lowest BCUT2D eigenvalue weighted by molar-refractivity contribution is -0.136. The zero-order chi connectivity index (χ0) is 13.3. The van der Waals surface area contributed by atoms with Gasteiger partial charge >= 0.3 is 5.97 Å². The first-order valence-electron chi connectivity index (χ1n) is 5.27. The van der Waals surface area contributed by atoms with Gasteiger partial charge in [-0.2, -0.15) is 0 Å². The number of aromatic nitrogens is 2. The normalized spacial score (nSPS) is 10.6. The number of aliphatic carboxylic acids is 1. The molecular weight excluding hydrogens is 256 g/mol. The van der Waals surface area contributed by atoms with Crippen molar-refractivity contribution in [2.45, 2.75) is 13.3 Å². The molecule has 2 rings (SSSR count). The number of nitrogens with zero attached hydrogens (tertiary/aromatic N) is 1. The molecule has 0 saturated carbocycles. The number of aryl methyl sites for hydroxylation is 1. The van der Waals surface area contributed by atoms with Crippen molar-refractivity contribution in [2.24, 2.45) is 0 Å². The Morgan fingerprint density at radius 2 is 2.22 bits per heavy atom. The fourth-order valence-electron chi connectivity index (χ4n) is 1.74. The van der Waals surface area contributed by atoms with Gasteiger partial charge in [-0.05, 0) is 25.1 Å². The summed E-state index contributed by atoms with van der Waals surface area (Å²) in [6.45, 7) is 1.67. The predicted molar refractivity (Wildman–Crippen MR) is 67.5 cm³/mol. The van der Waals surface area contributed by atoms with Gasteiger partial charge < -0.3 is 5.11 Å². The van der Waals surface area contributed by atoms with Gasteiger partial charge in [0.25, 0.3) is 5.56 Å². The van der Waals surface area contributed by atoms with Gasteiger partial charge in [-0.1, -0.05) is 17.7 Å². The van der Waals surface area contributed by atoms with Gasteiger partial charge in [-0.3, -0.25) is 14.7 Å². The molecule has 0 radical (unpaired) electrons. The summed E-state index contributed by atoms with van der Waals surface area (Å²) in [6.07, 6.45) is -0.297. The minimum Gasteiger partial charge on any atom is -0.481 e. The average Bonchev–Trinajstić information content (AvgIpc) is 2.56. The first-order chi connectivity index (χ1) is 8.49. The van der Waals surface area contributed by atoms with Gasteiger partial charge in [-0.25, -0.2) is 4.68 Å². The van der Waals surface area contributed by atoms with Crippen LogP contribution in [0.15, 0.2) is 29.1 Å². The Bertz CT molecular complexity index is 658. The van der Waals surface area contributed by atoms with E-state index in [1.165, 1.54) is 4.68 Å². The summed E-state index contributed by atoms with van der Waals surface area (Å²) in [6, 6.07) is 6.76. The predicted octanol–water partition coefficient (Wildman–Crippen LogP) is 1.75. The lowest BCUT2D eigenvalue weighted by Crippen LogP contribution is -2.19. The van der Waals surface area contributed by atoms with Crippen molar-refractivity contribution in [3.8, 4) is 5.69 Å². The molecule has 0 amide bonds. The number of nitrogens with one attached hydrogen (secondary N) is 1. The SMILES string of the molecule is Cc1[nH]n(-c2cccc(Cl)c2)c(=O)c1CC(=O)O. The zero-order valence-corrected chi connectivity index (χ0v) is 10.4. The third-order valence-electron chi connectivity index (χ3n) is 2.59. The van der Waals surface area contributed by atoms with E-state index in [9.17, 15) is 9.59 Å². The van der Waals surface area contributed by atoms with E-state index in [1.54, 1.807) is 31.2 Å². The van der Waals surface area contributed by atoms with Gasteiger partial charge in [0.05, 0.1) is 17.7 Å². The maximum Gasteiger partial charge on any atom is 0.308 e. The van der Waals surface area contributed by atoms with E-state index in [-0.39, 0.29) is 17.5 Å². The molecule has 0 aliphatic carbocycles. The molecule has 2 aromatic rings. The molecule has 1 aromatic carbocycles. The number of hydrogen-bond acceptors (Lipinski definition) is 2. The number of hydrogen-bond donors (Lipinski definition) is 2. The minimum atomic E-state index is -1.03. The molecule has 0 aliphatic rings. The molecule has 18 heavy (non-hydrogen) atoms. The van der Waals surface area contributed by atoms with Crippen LogP contribution in [-0.4, -0.2) is 20.9 Å². The number of rotatable bonds is 3. The Morgan fingerprint density at radius 1 is 1.50 bits per heavy atom. The smallest absolute Gasteiger partial charge is 0.308 e. The van der Waals surface area contributed by atoms with Crippen LogP contribution in [0.25, 0.3) is 5.69 Å². The largest absolute Gasteiger partial charge is 0.481 e. The summed E-state index contributed by atoms with van der Waals surface area (Å²) >= 11 is 5.85. The third kappa shape index (κ3) is 2.31. The summed E-state index contributed by atoms with van der Waals surface area (Å²) in [5.41, 5.74) is 1.01. The molecule has 0 unspecified atom stereocenters. The molecule has 1 heterocycles. The molecule has 5 nitrogen and oxygen atoms in total. The maximum absolute atomic E-state index is 12.1. The van der Waals surface area contributed by atoms with E-state index < -0.39 is 5.97 Å². The summed E-state index contributed by atoms with van der Waals surface area (Å²) < 4.78 is 1.29. The first-order valence-corrected chi connectivity index (χ1v) is 5.65. The highest BCUT2D eigenvalue weighted by molar-refractivity contribution is 6.30. The lowest BCUT2D eigenvalue weighted by Gasteiger charge is -2.01. The molecule has 2 N–H and O–H groups in total. The van der Waals surface area contributed by atoms with E-state index in [0.29, 0.717) is 16.4 Å². The van der Waals surface area contributed by atoms with Crippen LogP contribution in [0.3, 0.4) is 0 Å². The highest BCUT2D eigenvalue weighted by Crippen LogP contribution is 2.13. The molecule has 0 fully saturated rings. The van der Waals surface area contributed by atoms with Crippen LogP contribution in [0.2, 0.25) is 5.02 Å². The van der Waals surface area contributed by atoms with Crippen LogP contribution in [0.4, 0.5) is 0 Å². The van der Waals surface area contributed by atoms with Crippen LogP contribution in [0, 0.1) is 6.92 Å². The van der Waals surface area contributed by atoms with Gasteiger partial charge in [0.15, 0.2) is 0 Å². The molecule has 0 bridgehead atoms. The Labute approximate surface area is 108 Å². The topological polar surface area (TPSA) is 75.1 Å². The van der Waals surface area contributed by atoms with Gasteiger partial charge in [0.1, 0.15) is 0 Å². The van der Waals surface area contributed by atoms with Crippen LogP contribution in [0.5, 0.6) is 0 Å². The second kappa shape index (κ2) is 4.70. The second-order valence-electron chi connectivity index (χ2n) is 3.91. The van der Waals surface area contributed by atoms with Crippen molar-refractivity contribution in [3.63, 3.8) is 0 Å². The molecule has 0 atom stereocenters. The van der Waals surface area contributed by atoms with Crippen molar-refractivity contribution in [1.29, 1.82) is 0 Å². The van der Waals surface area contributed by atoms with Crippen LogP contribution in [0.1, 0.15) is 11.3 Å². The Morgan fingerprint density at radius 3 is 2.83 bits per heavy atom. The van der Waals surface area contributed by atoms with Gasteiger partial charge in [-0.15, -0.1) is 0 Å². The molecule has 0 spiro atoms. The summed E-state index contributed by atoms with van der Waals surface area (Å²) in [5.74, 6) is -1.03. The average molecular weight is 267 g/mol. The standard InChI is InChI=1S/C12H11ClN2O3/c1-7-10(6-11(16)17)12(18)15(14-7)9-4-2-3-8(13)5-9/h2-5,14H,6H2,1H3,(H,16,17). The highest BCUT2D eigenvalue weighted by Gasteiger charge is 2.15. The van der Waals surface area contributed by atoms with E-state index in [4.69, 9.17) is 16.7 Å². The summed E-state index contributed by atoms with van der Waals surface area (Å²) in [5, 5.41) is 12.1. The monoisotopic (exact) mass is 266 g/mol. The summed E-state index contributed by atoms with van der Waals surface area (Å²) in [4.78, 5) is 22.8. The number of carbonyl (C=O) groups is 1. The molecule has 0 saturated heterocycles. The zero-order valence-electron chi connectivity index (χ0n) is 9.61. The quantitative estimate of drug-likeness (QED) is 0.889. The fourth-order valence-corrected chi connectivity index (χ4v) is 1.92. The van der Waals surface area contributed by atoms with Crippen molar-refractivity contribution in [2.75, 3.05) is 0 Å². The lowest BCUT2D eigenvalue weighted by atomic mass is 10.2. The minimum absolute atomic E-state index is 0.252. The number of halogens is 1. The van der Waals surface area contributed by atoms with Gasteiger partial charge in [0, 0.05) is 10.7 Å². The van der Waals surface area contributed by atoms with Crippen molar-refractivity contribution in [3.05, 3.63) is 50.9 Å². The van der Waals surface area contributed by atoms with Crippen molar-refractivity contribution < 1.29 is 9.90 Å². The van der Waals surface area contributed by atoms with E-state index in [1.807, 2.05) is 0 Å². The molecule has 6 heteroatoms. The van der Waals surface area contributed by atoms with Crippen molar-refractivity contribution in [1.82, 2.24) is 9.78 Å². The molecule has 1 aromatic heterocycles. The first kappa shape index (κ1) is 12.4. The molecule has 0 aliphatic heterocycles. The maximum atomic E-state index is 12.1. The molecular formula is C12H11ClN2O3. The van der Waals surface area contributed by atoms with Gasteiger partial charge in [0.2, 0.25) is 0 Å². The van der Waals surface area contributed by atoms with E-state index in [2.05, 4.69) is 5.10 Å². The van der Waals surface area contributed by atoms with Crippen molar-refractivity contribution >= 4 is 17.6 Å². The van der Waals surface area contributed by atoms with Crippen LogP contribution < -0.4 is 5.56 Å².